The summed E-state index contributed by atoms with van der Waals surface area (Å²) in [6.45, 7) is -0.107. The molecule has 37 heavy (non-hydrogen) atoms. The number of likely N-dealkylation sites (N-methyl/N-ethyl adjacent to an activating group) is 1. The van der Waals surface area contributed by atoms with Gasteiger partial charge in [-0.2, -0.15) is 13.2 Å². The van der Waals surface area contributed by atoms with Crippen molar-refractivity contribution in [1.82, 2.24) is 0 Å². The number of carbonyl (C=O) groups excluding carboxylic acids is 2. The summed E-state index contributed by atoms with van der Waals surface area (Å²) in [4.78, 5) is 32.1. The zero-order valence-electron chi connectivity index (χ0n) is 20.6. The van der Waals surface area contributed by atoms with Gasteiger partial charge in [0.25, 0.3) is 6.29 Å². The molecular weight excluding hydrogens is 511 g/mol. The molecule has 210 valence electrons. The number of benzene rings is 1. The van der Waals surface area contributed by atoms with Crippen molar-refractivity contribution >= 4 is 24.0 Å². The molecule has 0 heterocycles. The van der Waals surface area contributed by atoms with Crippen LogP contribution in [0.15, 0.2) is 30.0 Å². The van der Waals surface area contributed by atoms with Gasteiger partial charge in [-0.25, -0.2) is 9.59 Å². The summed E-state index contributed by atoms with van der Waals surface area (Å²) in [6.07, 6.45) is -6.58. The third kappa shape index (κ3) is 16.1. The van der Waals surface area contributed by atoms with Gasteiger partial charge in [0.1, 0.15) is 31.0 Å². The number of phenols is 1. The van der Waals surface area contributed by atoms with Crippen molar-refractivity contribution in [3.8, 4) is 5.75 Å². The Morgan fingerprint density at radius 3 is 2.05 bits per heavy atom. The van der Waals surface area contributed by atoms with Crippen molar-refractivity contribution in [2.24, 2.45) is 0 Å². The van der Waals surface area contributed by atoms with Crippen LogP contribution in [0, 0.1) is 0 Å². The molecule has 0 amide bonds. The van der Waals surface area contributed by atoms with E-state index in [0.717, 1.165) is 0 Å². The second-order valence-electron chi connectivity index (χ2n) is 8.23. The quantitative estimate of drug-likeness (QED) is 0.0987. The predicted octanol–water partition coefficient (Wildman–Crippen LogP) is -0.268. The summed E-state index contributed by atoms with van der Waals surface area (Å²) in [5, 5.41) is 37.1. The molecule has 12 nitrogen and oxygen atoms in total. The van der Waals surface area contributed by atoms with E-state index in [-0.39, 0.29) is 18.1 Å². The maximum Gasteiger partial charge on any atom is 0.430 e. The summed E-state index contributed by atoms with van der Waals surface area (Å²) >= 11 is 0. The Morgan fingerprint density at radius 1 is 1.08 bits per heavy atom. The molecule has 2 atom stereocenters. The van der Waals surface area contributed by atoms with Crippen molar-refractivity contribution in [1.29, 1.82) is 0 Å². The summed E-state index contributed by atoms with van der Waals surface area (Å²) in [5.74, 6) is -5.18. The molecule has 3 N–H and O–H groups in total. The first-order chi connectivity index (χ1) is 17.0. The zero-order valence-corrected chi connectivity index (χ0v) is 20.6. The molecule has 0 fully saturated rings. The average molecular weight is 541 g/mol. The number of carboxylic acids is 2. The minimum absolute atomic E-state index is 0.0814. The number of hydrogen-bond acceptors (Lipinski definition) is 10. The number of halogens is 3. The Morgan fingerprint density at radius 2 is 1.62 bits per heavy atom. The molecule has 1 aromatic rings. The van der Waals surface area contributed by atoms with Gasteiger partial charge in [-0.05, 0) is 23.8 Å². The van der Waals surface area contributed by atoms with Gasteiger partial charge >= 0.3 is 18.1 Å². The van der Waals surface area contributed by atoms with Crippen LogP contribution in [0.2, 0.25) is 0 Å². The topological polar surface area (TPSA) is 172 Å². The number of aliphatic hydroxyl groups is 1. The van der Waals surface area contributed by atoms with E-state index in [1.54, 1.807) is 12.1 Å². The molecular formula is C22H30F3NO11. The number of ether oxygens (including phenoxy) is 4. The number of methoxy groups -OCH3 is 1. The number of esters is 1. The van der Waals surface area contributed by atoms with Gasteiger partial charge in [0.2, 0.25) is 5.76 Å². The molecule has 2 unspecified atom stereocenters. The van der Waals surface area contributed by atoms with Crippen LogP contribution in [-0.4, -0.2) is 111 Å². The van der Waals surface area contributed by atoms with Crippen LogP contribution in [0.3, 0.4) is 0 Å². The lowest BCUT2D eigenvalue weighted by atomic mass is 10.2. The highest BCUT2D eigenvalue weighted by Gasteiger charge is 2.28. The predicted molar refractivity (Wildman–Crippen MR) is 117 cm³/mol. The fraction of sp³-hybridized carbons (Fsp3) is 0.500. The lowest BCUT2D eigenvalue weighted by molar-refractivity contribution is -0.870. The number of aliphatic hydroxyl groups excluding tert-OH is 1. The first kappa shape index (κ1) is 33.6. The van der Waals surface area contributed by atoms with Gasteiger partial charge in [0.15, 0.2) is 0 Å². The third-order valence-electron chi connectivity index (χ3n) is 3.92. The minimum atomic E-state index is -5.19. The molecule has 1 aromatic carbocycles. The Hall–Kier alpha value is -3.40. The molecule has 0 aliphatic carbocycles. The minimum Gasteiger partial charge on any atom is -0.542 e. The van der Waals surface area contributed by atoms with Crippen LogP contribution >= 0.6 is 0 Å². The Balaban J connectivity index is 0.00000161. The highest BCUT2D eigenvalue weighted by atomic mass is 19.4. The fourth-order valence-electron chi connectivity index (χ4n) is 2.04. The monoisotopic (exact) mass is 541 g/mol. The molecule has 1 rings (SSSR count). The van der Waals surface area contributed by atoms with Gasteiger partial charge in [-0.3, -0.25) is 0 Å². The molecule has 0 bridgehead atoms. The Labute approximate surface area is 210 Å². The smallest absolute Gasteiger partial charge is 0.430 e. The van der Waals surface area contributed by atoms with Crippen LogP contribution in [0.25, 0.3) is 6.08 Å². The van der Waals surface area contributed by atoms with Gasteiger partial charge in [0.05, 0.1) is 41.5 Å². The van der Waals surface area contributed by atoms with Crippen LogP contribution < -0.4 is 5.11 Å². The summed E-state index contributed by atoms with van der Waals surface area (Å²) in [6, 6.07) is 6.06. The second-order valence-corrected chi connectivity index (χ2v) is 8.23. The van der Waals surface area contributed by atoms with E-state index in [9.17, 15) is 33.0 Å². The van der Waals surface area contributed by atoms with E-state index in [4.69, 9.17) is 34.0 Å². The van der Waals surface area contributed by atoms with Crippen LogP contribution in [0.5, 0.6) is 5.75 Å². The summed E-state index contributed by atoms with van der Waals surface area (Å²) in [7, 11) is 7.09. The van der Waals surface area contributed by atoms with Crippen molar-refractivity contribution in [3.05, 3.63) is 35.6 Å². The largest absolute Gasteiger partial charge is 0.542 e. The molecule has 0 aromatic heterocycles. The zero-order chi connectivity index (χ0) is 28.8. The summed E-state index contributed by atoms with van der Waals surface area (Å²) in [5.41, 5.74) is 0.598. The van der Waals surface area contributed by atoms with Gasteiger partial charge in [0, 0.05) is 0 Å². The van der Waals surface area contributed by atoms with Crippen molar-refractivity contribution in [2.45, 2.75) is 18.6 Å². The van der Waals surface area contributed by atoms with Crippen molar-refractivity contribution in [3.63, 3.8) is 0 Å². The van der Waals surface area contributed by atoms with E-state index >= 15 is 0 Å². The van der Waals surface area contributed by atoms with E-state index < -0.39 is 49.7 Å². The lowest BCUT2D eigenvalue weighted by Gasteiger charge is -2.24. The standard InChI is InChI=1S/C20H29NO9.C2HF3O2/c1-21(2,3)9-10-28-20(18(24)25)30-13-16(23)12-29-19(26)17(27-4)11-14-5-7-15(22)8-6-14;3-2(4,5)1(6)7/h5-8,11,16,20,23H,9-10,12-13H2,1-4H3,(H-,22,24,25,26);(H,6,7). The maximum absolute atomic E-state index is 12.1. The van der Waals surface area contributed by atoms with Crippen molar-refractivity contribution in [2.75, 3.05) is 54.6 Å². The molecule has 0 aliphatic heterocycles. The van der Waals surface area contributed by atoms with E-state index in [1.165, 1.54) is 25.3 Å². The number of alkyl halides is 3. The third-order valence-corrected chi connectivity index (χ3v) is 3.92. The number of hydrogen-bond donors (Lipinski definition) is 3. The molecule has 15 heteroatoms. The number of carbonyl (C=O) groups is 3. The number of aliphatic carboxylic acids is 2. The normalized spacial score (nSPS) is 13.6. The van der Waals surface area contributed by atoms with E-state index in [1.807, 2.05) is 21.1 Å². The molecule has 0 aliphatic rings. The van der Waals surface area contributed by atoms with E-state index in [2.05, 4.69) is 0 Å². The van der Waals surface area contributed by atoms with Crippen molar-refractivity contribution < 1.29 is 71.4 Å². The van der Waals surface area contributed by atoms with Gasteiger partial charge in [-0.15, -0.1) is 0 Å². The second kappa shape index (κ2) is 15.7. The van der Waals surface area contributed by atoms with Crippen LogP contribution in [0.1, 0.15) is 5.56 Å². The molecule has 0 saturated carbocycles. The van der Waals surface area contributed by atoms with Crippen LogP contribution in [-0.2, 0) is 33.3 Å². The molecule has 0 spiro atoms. The number of carboxylic acid groups (broad SMARTS) is 2. The highest BCUT2D eigenvalue weighted by molar-refractivity contribution is 5.91. The number of rotatable bonds is 13. The maximum atomic E-state index is 12.1. The number of nitrogens with zero attached hydrogens (tertiary/aromatic N) is 1. The van der Waals surface area contributed by atoms with E-state index in [0.29, 0.717) is 16.6 Å². The SMILES string of the molecule is CO/C(=C\c1ccc(O)cc1)C(=O)OCC(O)COC(OCC[N+](C)(C)C)C(=O)O.O=C([O-])C(F)(F)F. The first-order valence-electron chi connectivity index (χ1n) is 10.4. The number of quaternary nitrogens is 1. The summed E-state index contributed by atoms with van der Waals surface area (Å²) < 4.78 is 52.3. The molecule has 0 saturated heterocycles. The Bertz CT molecular complexity index is 897. The van der Waals surface area contributed by atoms with Gasteiger partial charge in [-0.1, -0.05) is 12.1 Å². The fourth-order valence-corrected chi connectivity index (χ4v) is 2.04. The lowest BCUT2D eigenvalue weighted by Crippen LogP contribution is -2.40. The number of aromatic hydroxyl groups is 1. The van der Waals surface area contributed by atoms with Gasteiger partial charge < -0.3 is 48.7 Å². The first-order valence-corrected chi connectivity index (χ1v) is 10.4. The average Bonchev–Trinajstić information content (AvgIpc) is 2.78. The van der Waals surface area contributed by atoms with Crippen LogP contribution in [0.4, 0.5) is 13.2 Å². The highest BCUT2D eigenvalue weighted by Crippen LogP contribution is 2.14. The Kier molecular flexibility index (Phi) is 14.2. The number of phenolic OH excluding ortho intramolecular Hbond substituents is 1. The molecule has 0 radical (unpaired) electrons.